The first-order chi connectivity index (χ1) is 9.93. The lowest BCUT2D eigenvalue weighted by molar-refractivity contribution is -0.137. The summed E-state index contributed by atoms with van der Waals surface area (Å²) in [6, 6.07) is 4.72. The molecular formula is C15H17BrF3NO. The highest BCUT2D eigenvalue weighted by Gasteiger charge is 2.32. The second-order valence-electron chi connectivity index (χ2n) is 5.23. The fraction of sp³-hybridized carbons (Fsp3) is 0.533. The third-order valence-corrected chi connectivity index (χ3v) is 4.50. The van der Waals surface area contributed by atoms with Crippen molar-refractivity contribution in [2.75, 3.05) is 11.9 Å². The maximum absolute atomic E-state index is 12.7. The molecule has 0 radical (unpaired) electrons. The van der Waals surface area contributed by atoms with E-state index < -0.39 is 11.7 Å². The largest absolute Gasteiger partial charge is 0.416 e. The van der Waals surface area contributed by atoms with Gasteiger partial charge in [0.25, 0.3) is 5.91 Å². The molecule has 1 aliphatic rings. The van der Waals surface area contributed by atoms with Gasteiger partial charge in [0.05, 0.1) is 5.56 Å². The van der Waals surface area contributed by atoms with Crippen molar-refractivity contribution in [3.8, 4) is 0 Å². The highest BCUT2D eigenvalue weighted by Crippen LogP contribution is 2.30. The van der Waals surface area contributed by atoms with Crippen molar-refractivity contribution < 1.29 is 18.0 Å². The van der Waals surface area contributed by atoms with Crippen LogP contribution in [0.4, 0.5) is 13.2 Å². The molecule has 0 bridgehead atoms. The van der Waals surface area contributed by atoms with Gasteiger partial charge in [-0.2, -0.15) is 13.2 Å². The van der Waals surface area contributed by atoms with Crippen LogP contribution in [0.25, 0.3) is 0 Å². The first kappa shape index (κ1) is 16.3. The minimum Gasteiger partial charge on any atom is -0.335 e. The molecule has 0 spiro atoms. The molecule has 116 valence electrons. The Morgan fingerprint density at radius 3 is 2.71 bits per heavy atom. The smallest absolute Gasteiger partial charge is 0.335 e. The van der Waals surface area contributed by atoms with E-state index in [9.17, 15) is 18.0 Å². The summed E-state index contributed by atoms with van der Waals surface area (Å²) in [7, 11) is 0. The summed E-state index contributed by atoms with van der Waals surface area (Å²) in [5.41, 5.74) is -0.670. The molecule has 1 fully saturated rings. The van der Waals surface area contributed by atoms with Crippen molar-refractivity contribution in [2.24, 2.45) is 0 Å². The molecule has 1 atom stereocenters. The molecule has 1 saturated heterocycles. The Labute approximate surface area is 130 Å². The number of hydrogen-bond donors (Lipinski definition) is 0. The lowest BCUT2D eigenvalue weighted by atomic mass is 10.1. The molecule has 1 heterocycles. The molecule has 6 heteroatoms. The molecule has 1 aromatic rings. The maximum Gasteiger partial charge on any atom is 0.416 e. The van der Waals surface area contributed by atoms with Gasteiger partial charge in [-0.25, -0.2) is 0 Å². The molecule has 21 heavy (non-hydrogen) atoms. The Kier molecular flexibility index (Phi) is 5.30. The van der Waals surface area contributed by atoms with Gasteiger partial charge in [-0.1, -0.05) is 34.8 Å². The second-order valence-corrected chi connectivity index (χ2v) is 5.88. The van der Waals surface area contributed by atoms with Gasteiger partial charge in [-0.3, -0.25) is 4.79 Å². The van der Waals surface area contributed by atoms with Crippen molar-refractivity contribution in [3.05, 3.63) is 35.4 Å². The molecule has 1 aromatic carbocycles. The number of hydrogen-bond acceptors (Lipinski definition) is 1. The molecule has 0 aliphatic carbocycles. The van der Waals surface area contributed by atoms with Gasteiger partial charge < -0.3 is 4.90 Å². The number of alkyl halides is 4. The Bertz CT molecular complexity index is 504. The van der Waals surface area contributed by atoms with Crippen LogP contribution >= 0.6 is 15.9 Å². The van der Waals surface area contributed by atoms with E-state index in [1.165, 1.54) is 12.1 Å². The van der Waals surface area contributed by atoms with E-state index >= 15 is 0 Å². The van der Waals surface area contributed by atoms with Crippen LogP contribution in [0.3, 0.4) is 0 Å². The predicted molar refractivity (Wildman–Crippen MR) is 78.5 cm³/mol. The highest BCUT2D eigenvalue weighted by atomic mass is 79.9. The van der Waals surface area contributed by atoms with Gasteiger partial charge >= 0.3 is 6.18 Å². The van der Waals surface area contributed by atoms with Crippen molar-refractivity contribution in [1.29, 1.82) is 0 Å². The summed E-state index contributed by atoms with van der Waals surface area (Å²) in [5, 5.41) is 0.650. The zero-order valence-electron chi connectivity index (χ0n) is 11.5. The van der Waals surface area contributed by atoms with E-state index in [2.05, 4.69) is 15.9 Å². The predicted octanol–water partition coefficient (Wildman–Crippen LogP) is 4.49. The van der Waals surface area contributed by atoms with E-state index in [-0.39, 0.29) is 17.5 Å². The van der Waals surface area contributed by atoms with Crippen LogP contribution in [0, 0.1) is 0 Å². The average molecular weight is 364 g/mol. The number of nitrogens with zero attached hydrogens (tertiary/aromatic N) is 1. The van der Waals surface area contributed by atoms with Gasteiger partial charge in [0.2, 0.25) is 0 Å². The third kappa shape index (κ3) is 3.99. The van der Waals surface area contributed by atoms with E-state index in [1.54, 1.807) is 4.90 Å². The monoisotopic (exact) mass is 363 g/mol. The molecule has 0 N–H and O–H groups in total. The van der Waals surface area contributed by atoms with Gasteiger partial charge in [-0.15, -0.1) is 0 Å². The normalized spacial score (nSPS) is 20.2. The average Bonchev–Trinajstić information content (AvgIpc) is 2.70. The van der Waals surface area contributed by atoms with E-state index in [0.29, 0.717) is 11.9 Å². The third-order valence-electron chi connectivity index (χ3n) is 3.75. The lowest BCUT2D eigenvalue weighted by Gasteiger charge is -2.29. The van der Waals surface area contributed by atoms with Crippen molar-refractivity contribution >= 4 is 21.8 Å². The summed E-state index contributed by atoms with van der Waals surface area (Å²) in [4.78, 5) is 14.2. The summed E-state index contributed by atoms with van der Waals surface area (Å²) < 4.78 is 38.2. The quantitative estimate of drug-likeness (QED) is 0.709. The Morgan fingerprint density at radius 2 is 2.05 bits per heavy atom. The number of benzene rings is 1. The van der Waals surface area contributed by atoms with Crippen molar-refractivity contribution in [2.45, 2.75) is 37.9 Å². The van der Waals surface area contributed by atoms with Crippen LogP contribution in [0.15, 0.2) is 24.3 Å². The van der Waals surface area contributed by atoms with Gasteiger partial charge in [0.15, 0.2) is 0 Å². The van der Waals surface area contributed by atoms with E-state index in [0.717, 1.165) is 37.8 Å². The van der Waals surface area contributed by atoms with Crippen molar-refractivity contribution in [1.82, 2.24) is 4.90 Å². The van der Waals surface area contributed by atoms with Crippen LogP contribution in [-0.2, 0) is 6.18 Å². The molecule has 0 aromatic heterocycles. The first-order valence-corrected chi connectivity index (χ1v) is 8.10. The van der Waals surface area contributed by atoms with E-state index in [1.807, 2.05) is 0 Å². The highest BCUT2D eigenvalue weighted by molar-refractivity contribution is 9.09. The fourth-order valence-corrected chi connectivity index (χ4v) is 3.27. The summed E-state index contributed by atoms with van der Waals surface area (Å²) in [5.74, 6) is -0.313. The topological polar surface area (TPSA) is 20.3 Å². The molecule has 1 amide bonds. The molecule has 2 nitrogen and oxygen atoms in total. The summed E-state index contributed by atoms with van der Waals surface area (Å²) >= 11 is 3.40. The van der Waals surface area contributed by atoms with E-state index in [4.69, 9.17) is 0 Å². The zero-order valence-corrected chi connectivity index (χ0v) is 13.1. The molecule has 1 unspecified atom stereocenters. The first-order valence-electron chi connectivity index (χ1n) is 6.97. The minimum absolute atomic E-state index is 0.0505. The lowest BCUT2D eigenvalue weighted by Crippen LogP contribution is -2.41. The number of amides is 1. The Morgan fingerprint density at radius 1 is 1.29 bits per heavy atom. The van der Waals surface area contributed by atoms with Crippen LogP contribution in [0.5, 0.6) is 0 Å². The Hall–Kier alpha value is -1.04. The minimum atomic E-state index is -4.43. The maximum atomic E-state index is 12.7. The standard InChI is InChI=1S/C15H17BrF3NO/c16-10-13-7-2-1-3-8-20(13)14(21)11-5-4-6-12(9-11)15(17,18)19/h4-6,9,13H,1-3,7-8,10H2. The second kappa shape index (κ2) is 6.81. The summed E-state index contributed by atoms with van der Waals surface area (Å²) in [6.07, 6.45) is -0.549. The number of rotatable bonds is 2. The molecular weight excluding hydrogens is 347 g/mol. The molecule has 1 aliphatic heterocycles. The Balaban J connectivity index is 2.25. The van der Waals surface area contributed by atoms with Gasteiger partial charge in [-0.05, 0) is 31.0 Å². The number of halogens is 4. The summed E-state index contributed by atoms with van der Waals surface area (Å²) in [6.45, 7) is 0.603. The van der Waals surface area contributed by atoms with Gasteiger partial charge in [0.1, 0.15) is 0 Å². The molecule has 2 rings (SSSR count). The number of likely N-dealkylation sites (tertiary alicyclic amines) is 1. The fourth-order valence-electron chi connectivity index (χ4n) is 2.60. The van der Waals surface area contributed by atoms with Crippen LogP contribution in [-0.4, -0.2) is 28.7 Å². The van der Waals surface area contributed by atoms with Crippen LogP contribution in [0.2, 0.25) is 0 Å². The SMILES string of the molecule is O=C(c1cccc(C(F)(F)F)c1)N1CCCCCC1CBr. The number of carbonyl (C=O) groups excluding carboxylic acids is 1. The van der Waals surface area contributed by atoms with Crippen molar-refractivity contribution in [3.63, 3.8) is 0 Å². The zero-order chi connectivity index (χ0) is 15.5. The molecule has 0 saturated carbocycles. The number of carbonyl (C=O) groups is 1. The van der Waals surface area contributed by atoms with Crippen LogP contribution < -0.4 is 0 Å². The van der Waals surface area contributed by atoms with Crippen LogP contribution in [0.1, 0.15) is 41.6 Å². The van der Waals surface area contributed by atoms with Gasteiger partial charge in [0, 0.05) is 23.5 Å².